The van der Waals surface area contributed by atoms with Crippen molar-refractivity contribution in [3.63, 3.8) is 0 Å². The first-order valence-corrected chi connectivity index (χ1v) is 6.47. The van der Waals surface area contributed by atoms with E-state index in [1.165, 1.54) is 12.1 Å². The van der Waals surface area contributed by atoms with Gasteiger partial charge in [-0.2, -0.15) is 0 Å². The lowest BCUT2D eigenvalue weighted by Gasteiger charge is -2.19. The van der Waals surface area contributed by atoms with E-state index >= 15 is 0 Å². The zero-order chi connectivity index (χ0) is 14.5. The Kier molecular flexibility index (Phi) is 4.69. The molecule has 0 aliphatic heterocycles. The number of rotatable bonds is 5. The maximum absolute atomic E-state index is 13.4. The van der Waals surface area contributed by atoms with E-state index in [1.54, 1.807) is 7.11 Å². The fourth-order valence-corrected chi connectivity index (χ4v) is 2.20. The number of nitrogens with one attached hydrogen (secondary N) is 1. The van der Waals surface area contributed by atoms with Gasteiger partial charge in [-0.25, -0.2) is 8.78 Å². The molecule has 0 aliphatic carbocycles. The van der Waals surface area contributed by atoms with E-state index in [2.05, 4.69) is 5.32 Å². The van der Waals surface area contributed by atoms with Gasteiger partial charge in [0.25, 0.3) is 0 Å². The van der Waals surface area contributed by atoms with Gasteiger partial charge in [-0.3, -0.25) is 0 Å². The third kappa shape index (κ3) is 3.33. The summed E-state index contributed by atoms with van der Waals surface area (Å²) in [5.41, 5.74) is 1.45. The quantitative estimate of drug-likeness (QED) is 0.900. The van der Waals surface area contributed by atoms with Crippen LogP contribution in [0.25, 0.3) is 0 Å². The smallest absolute Gasteiger partial charge is 0.126 e. The van der Waals surface area contributed by atoms with Crippen molar-refractivity contribution in [1.82, 2.24) is 5.32 Å². The van der Waals surface area contributed by atoms with Gasteiger partial charge in [0, 0.05) is 6.07 Å². The van der Waals surface area contributed by atoms with Gasteiger partial charge in [0.05, 0.1) is 13.2 Å². The van der Waals surface area contributed by atoms with Gasteiger partial charge in [0.15, 0.2) is 0 Å². The third-order valence-electron chi connectivity index (χ3n) is 3.05. The van der Waals surface area contributed by atoms with Crippen LogP contribution in [0, 0.1) is 11.6 Å². The number of benzene rings is 2. The molecule has 0 bridgehead atoms. The van der Waals surface area contributed by atoms with Crippen molar-refractivity contribution >= 4 is 0 Å². The molecule has 4 heteroatoms. The van der Waals surface area contributed by atoms with Crippen LogP contribution >= 0.6 is 0 Å². The molecule has 2 nitrogen and oxygen atoms in total. The standard InChI is InChI=1S/C16H17F2NO/c1-3-19-16(11-5-4-6-15(9-11)20-2)12-7-13(17)10-14(18)8-12/h4-10,16,19H,3H2,1-2H3. The van der Waals surface area contributed by atoms with Crippen LogP contribution < -0.4 is 10.1 Å². The SMILES string of the molecule is CCNC(c1cc(F)cc(F)c1)c1cccc(OC)c1. The van der Waals surface area contributed by atoms with Crippen molar-refractivity contribution in [3.8, 4) is 5.75 Å². The Hall–Kier alpha value is -1.94. The summed E-state index contributed by atoms with van der Waals surface area (Å²) < 4.78 is 32.0. The Morgan fingerprint density at radius 3 is 2.35 bits per heavy atom. The van der Waals surface area contributed by atoms with Crippen LogP contribution in [0.1, 0.15) is 24.1 Å². The summed E-state index contributed by atoms with van der Waals surface area (Å²) in [7, 11) is 1.59. The fourth-order valence-electron chi connectivity index (χ4n) is 2.20. The van der Waals surface area contributed by atoms with Crippen LogP contribution in [-0.4, -0.2) is 13.7 Å². The highest BCUT2D eigenvalue weighted by atomic mass is 19.1. The van der Waals surface area contributed by atoms with Gasteiger partial charge < -0.3 is 10.1 Å². The van der Waals surface area contributed by atoms with Gasteiger partial charge in [0.1, 0.15) is 17.4 Å². The maximum Gasteiger partial charge on any atom is 0.126 e. The van der Waals surface area contributed by atoms with Crippen LogP contribution in [0.15, 0.2) is 42.5 Å². The molecular formula is C16H17F2NO. The summed E-state index contributed by atoms with van der Waals surface area (Å²) in [6, 6.07) is 10.7. The van der Waals surface area contributed by atoms with Crippen LogP contribution in [0.5, 0.6) is 5.75 Å². The molecule has 2 aromatic rings. The average Bonchev–Trinajstić information content (AvgIpc) is 2.43. The van der Waals surface area contributed by atoms with Crippen LogP contribution in [-0.2, 0) is 0 Å². The molecule has 0 heterocycles. The summed E-state index contributed by atoms with van der Waals surface area (Å²) in [4.78, 5) is 0. The van der Waals surface area contributed by atoms with Crippen molar-refractivity contribution in [2.75, 3.05) is 13.7 Å². The normalized spacial score (nSPS) is 12.2. The summed E-state index contributed by atoms with van der Waals surface area (Å²) in [5.74, 6) is -0.445. The minimum Gasteiger partial charge on any atom is -0.497 e. The van der Waals surface area contributed by atoms with E-state index < -0.39 is 11.6 Å². The molecule has 1 N–H and O–H groups in total. The molecular weight excluding hydrogens is 260 g/mol. The molecule has 0 fully saturated rings. The number of ether oxygens (including phenoxy) is 1. The van der Waals surface area contributed by atoms with Crippen molar-refractivity contribution in [2.45, 2.75) is 13.0 Å². The van der Waals surface area contributed by atoms with Crippen LogP contribution in [0.2, 0.25) is 0 Å². The molecule has 2 aromatic carbocycles. The lowest BCUT2D eigenvalue weighted by molar-refractivity contribution is 0.413. The predicted molar refractivity (Wildman–Crippen MR) is 74.9 cm³/mol. The van der Waals surface area contributed by atoms with Crippen LogP contribution in [0.3, 0.4) is 0 Å². The Morgan fingerprint density at radius 1 is 1.05 bits per heavy atom. The number of hydrogen-bond acceptors (Lipinski definition) is 2. The highest BCUT2D eigenvalue weighted by Crippen LogP contribution is 2.26. The highest BCUT2D eigenvalue weighted by Gasteiger charge is 2.15. The monoisotopic (exact) mass is 277 g/mol. The first-order chi connectivity index (χ1) is 9.63. The molecule has 2 rings (SSSR count). The molecule has 0 saturated heterocycles. The molecule has 0 amide bonds. The van der Waals surface area contributed by atoms with E-state index in [4.69, 9.17) is 4.74 Å². The number of methoxy groups -OCH3 is 1. The van der Waals surface area contributed by atoms with E-state index in [0.717, 1.165) is 11.6 Å². The Bertz CT molecular complexity index is 566. The Balaban J connectivity index is 2.43. The number of halogens is 2. The third-order valence-corrected chi connectivity index (χ3v) is 3.05. The van der Waals surface area contributed by atoms with E-state index in [0.29, 0.717) is 17.9 Å². The van der Waals surface area contributed by atoms with Crippen molar-refractivity contribution in [3.05, 3.63) is 65.2 Å². The second-order valence-electron chi connectivity index (χ2n) is 4.47. The summed E-state index contributed by atoms with van der Waals surface area (Å²) >= 11 is 0. The largest absolute Gasteiger partial charge is 0.497 e. The van der Waals surface area contributed by atoms with Gasteiger partial charge in [0.2, 0.25) is 0 Å². The van der Waals surface area contributed by atoms with E-state index in [-0.39, 0.29) is 6.04 Å². The fraction of sp³-hybridized carbons (Fsp3) is 0.250. The van der Waals surface area contributed by atoms with Gasteiger partial charge in [-0.15, -0.1) is 0 Å². The maximum atomic E-state index is 13.4. The highest BCUT2D eigenvalue weighted by molar-refractivity contribution is 5.37. The van der Waals surface area contributed by atoms with E-state index in [1.807, 2.05) is 31.2 Å². The first-order valence-electron chi connectivity index (χ1n) is 6.47. The Morgan fingerprint density at radius 2 is 1.75 bits per heavy atom. The molecule has 0 saturated carbocycles. The summed E-state index contributed by atoms with van der Waals surface area (Å²) in [5, 5.41) is 3.23. The zero-order valence-corrected chi connectivity index (χ0v) is 11.5. The second-order valence-corrected chi connectivity index (χ2v) is 4.47. The topological polar surface area (TPSA) is 21.3 Å². The van der Waals surface area contributed by atoms with Gasteiger partial charge >= 0.3 is 0 Å². The molecule has 0 aromatic heterocycles. The van der Waals surface area contributed by atoms with Crippen molar-refractivity contribution < 1.29 is 13.5 Å². The minimum absolute atomic E-state index is 0.278. The minimum atomic E-state index is -0.578. The molecule has 0 aliphatic rings. The van der Waals surface area contributed by atoms with Crippen LogP contribution in [0.4, 0.5) is 8.78 Å². The van der Waals surface area contributed by atoms with Gasteiger partial charge in [-0.1, -0.05) is 19.1 Å². The van der Waals surface area contributed by atoms with Crippen molar-refractivity contribution in [2.24, 2.45) is 0 Å². The first kappa shape index (κ1) is 14.5. The lowest BCUT2D eigenvalue weighted by atomic mass is 9.98. The molecule has 0 radical (unpaired) electrons. The average molecular weight is 277 g/mol. The second kappa shape index (κ2) is 6.48. The molecule has 1 atom stereocenters. The summed E-state index contributed by atoms with van der Waals surface area (Å²) in [6.07, 6.45) is 0. The molecule has 20 heavy (non-hydrogen) atoms. The summed E-state index contributed by atoms with van der Waals surface area (Å²) in [6.45, 7) is 2.63. The molecule has 106 valence electrons. The predicted octanol–water partition coefficient (Wildman–Crippen LogP) is 3.67. The zero-order valence-electron chi connectivity index (χ0n) is 11.5. The lowest BCUT2D eigenvalue weighted by Crippen LogP contribution is -2.22. The molecule has 0 spiro atoms. The number of hydrogen-bond donors (Lipinski definition) is 1. The van der Waals surface area contributed by atoms with Gasteiger partial charge in [-0.05, 0) is 41.9 Å². The van der Waals surface area contributed by atoms with E-state index in [9.17, 15) is 8.78 Å². The molecule has 1 unspecified atom stereocenters. The van der Waals surface area contributed by atoms with Crippen molar-refractivity contribution in [1.29, 1.82) is 0 Å². The Labute approximate surface area is 117 Å².